The van der Waals surface area contributed by atoms with Crippen molar-refractivity contribution < 1.29 is 4.79 Å². The molecule has 0 aliphatic rings. The standard InChI is InChI=1S/C21H22O/c1-17(13-15-19-9-5-3-6-10-19)21(22)18(2)14-16-20-11-7-4-8-12-20/h3-18H,1-2H3. The van der Waals surface area contributed by atoms with Gasteiger partial charge in [-0.25, -0.2) is 0 Å². The van der Waals surface area contributed by atoms with Gasteiger partial charge in [0.05, 0.1) is 0 Å². The molecular formula is C21H22O. The van der Waals surface area contributed by atoms with E-state index in [1.165, 1.54) is 0 Å². The van der Waals surface area contributed by atoms with Crippen LogP contribution in [0.1, 0.15) is 25.0 Å². The Labute approximate surface area is 133 Å². The number of hydrogen-bond acceptors (Lipinski definition) is 1. The molecule has 112 valence electrons. The monoisotopic (exact) mass is 290 g/mol. The first-order valence-electron chi connectivity index (χ1n) is 7.67. The summed E-state index contributed by atoms with van der Waals surface area (Å²) in [5.74, 6) is 0.0608. The molecule has 2 aromatic rings. The highest BCUT2D eigenvalue weighted by Gasteiger charge is 2.15. The zero-order chi connectivity index (χ0) is 15.8. The highest BCUT2D eigenvalue weighted by atomic mass is 16.1. The van der Waals surface area contributed by atoms with Gasteiger partial charge in [0.25, 0.3) is 0 Å². The Bertz CT molecular complexity index is 581. The van der Waals surface area contributed by atoms with Crippen LogP contribution in [0, 0.1) is 11.8 Å². The molecule has 0 fully saturated rings. The molecule has 2 unspecified atom stereocenters. The molecule has 0 saturated heterocycles. The molecule has 0 aliphatic carbocycles. The summed E-state index contributed by atoms with van der Waals surface area (Å²) in [5, 5.41) is 0. The Morgan fingerprint density at radius 2 is 1.09 bits per heavy atom. The van der Waals surface area contributed by atoms with Crippen LogP contribution in [-0.2, 0) is 4.79 Å². The number of Topliss-reactive ketones (excluding diaryl/α,β-unsaturated/α-hetero) is 1. The molecule has 1 nitrogen and oxygen atoms in total. The van der Waals surface area contributed by atoms with E-state index in [4.69, 9.17) is 0 Å². The van der Waals surface area contributed by atoms with Crippen molar-refractivity contribution in [3.8, 4) is 0 Å². The third-order valence-corrected chi connectivity index (χ3v) is 3.65. The highest BCUT2D eigenvalue weighted by Crippen LogP contribution is 2.14. The van der Waals surface area contributed by atoms with E-state index in [0.29, 0.717) is 0 Å². The smallest absolute Gasteiger partial charge is 0.145 e. The number of carbonyl (C=O) groups is 1. The van der Waals surface area contributed by atoms with Crippen molar-refractivity contribution in [3.05, 3.63) is 83.9 Å². The summed E-state index contributed by atoms with van der Waals surface area (Å²) < 4.78 is 0. The van der Waals surface area contributed by atoms with E-state index in [0.717, 1.165) is 11.1 Å². The number of allylic oxidation sites excluding steroid dienone is 2. The van der Waals surface area contributed by atoms with Gasteiger partial charge in [0.2, 0.25) is 0 Å². The Balaban J connectivity index is 1.95. The van der Waals surface area contributed by atoms with E-state index in [1.54, 1.807) is 0 Å². The topological polar surface area (TPSA) is 17.1 Å². The number of hydrogen-bond donors (Lipinski definition) is 0. The van der Waals surface area contributed by atoms with Gasteiger partial charge >= 0.3 is 0 Å². The normalized spacial score (nSPS) is 14.3. The summed E-state index contributed by atoms with van der Waals surface area (Å²) in [7, 11) is 0. The van der Waals surface area contributed by atoms with Gasteiger partial charge in [-0.15, -0.1) is 0 Å². The van der Waals surface area contributed by atoms with Crippen molar-refractivity contribution in [2.24, 2.45) is 11.8 Å². The molecule has 0 heterocycles. The number of rotatable bonds is 6. The molecule has 0 radical (unpaired) electrons. The molecular weight excluding hydrogens is 268 g/mol. The second-order valence-electron chi connectivity index (χ2n) is 5.52. The van der Waals surface area contributed by atoms with Crippen LogP contribution >= 0.6 is 0 Å². The van der Waals surface area contributed by atoms with Gasteiger partial charge in [0, 0.05) is 11.8 Å². The third kappa shape index (κ3) is 4.85. The minimum Gasteiger partial charge on any atom is -0.298 e. The Kier molecular flexibility index (Phi) is 5.91. The van der Waals surface area contributed by atoms with Crippen molar-refractivity contribution in [1.82, 2.24) is 0 Å². The lowest BCUT2D eigenvalue weighted by molar-refractivity contribution is -0.123. The Hall–Kier alpha value is -2.41. The molecule has 2 atom stereocenters. The molecule has 0 N–H and O–H groups in total. The quantitative estimate of drug-likeness (QED) is 0.709. The van der Waals surface area contributed by atoms with Gasteiger partial charge < -0.3 is 0 Å². The van der Waals surface area contributed by atoms with Gasteiger partial charge in [-0.05, 0) is 11.1 Å². The van der Waals surface area contributed by atoms with Crippen molar-refractivity contribution in [2.75, 3.05) is 0 Å². The lowest BCUT2D eigenvalue weighted by Gasteiger charge is -2.09. The molecule has 0 saturated carbocycles. The third-order valence-electron chi connectivity index (χ3n) is 3.65. The number of carbonyl (C=O) groups excluding carboxylic acids is 1. The summed E-state index contributed by atoms with van der Waals surface area (Å²) in [6.07, 6.45) is 7.97. The van der Waals surface area contributed by atoms with Crippen molar-refractivity contribution in [1.29, 1.82) is 0 Å². The van der Waals surface area contributed by atoms with Crippen LogP contribution in [0.15, 0.2) is 72.8 Å². The predicted molar refractivity (Wildman–Crippen MR) is 94.3 cm³/mol. The molecule has 2 aromatic carbocycles. The summed E-state index contributed by atoms with van der Waals surface area (Å²) in [5.41, 5.74) is 2.24. The zero-order valence-electron chi connectivity index (χ0n) is 13.1. The fraction of sp³-hybridized carbons (Fsp3) is 0.190. The zero-order valence-corrected chi connectivity index (χ0v) is 13.1. The summed E-state index contributed by atoms with van der Waals surface area (Å²) in [4.78, 5) is 12.4. The molecule has 1 heteroatoms. The lowest BCUT2D eigenvalue weighted by Crippen LogP contribution is -2.15. The van der Waals surface area contributed by atoms with E-state index in [2.05, 4.69) is 0 Å². The second-order valence-corrected chi connectivity index (χ2v) is 5.52. The summed E-state index contributed by atoms with van der Waals surface area (Å²) >= 11 is 0. The van der Waals surface area contributed by atoms with E-state index in [1.807, 2.05) is 98.8 Å². The van der Waals surface area contributed by atoms with Crippen LogP contribution in [0.4, 0.5) is 0 Å². The van der Waals surface area contributed by atoms with Gasteiger partial charge in [-0.2, -0.15) is 0 Å². The maximum atomic E-state index is 12.4. The first kappa shape index (κ1) is 16.0. The first-order chi connectivity index (χ1) is 10.7. The Morgan fingerprint density at radius 3 is 1.45 bits per heavy atom. The van der Waals surface area contributed by atoms with Gasteiger partial charge in [-0.3, -0.25) is 4.79 Å². The van der Waals surface area contributed by atoms with Gasteiger partial charge in [0.1, 0.15) is 5.78 Å². The van der Waals surface area contributed by atoms with E-state index in [9.17, 15) is 4.79 Å². The van der Waals surface area contributed by atoms with Crippen molar-refractivity contribution in [2.45, 2.75) is 13.8 Å². The fourth-order valence-corrected chi connectivity index (χ4v) is 2.24. The van der Waals surface area contributed by atoms with Gasteiger partial charge in [0.15, 0.2) is 0 Å². The van der Waals surface area contributed by atoms with E-state index < -0.39 is 0 Å². The molecule has 0 aromatic heterocycles. The molecule has 0 amide bonds. The highest BCUT2D eigenvalue weighted by molar-refractivity contribution is 5.87. The SMILES string of the molecule is CC(C=Cc1ccccc1)C(=O)C(C)C=Cc1ccccc1. The Morgan fingerprint density at radius 1 is 0.727 bits per heavy atom. The molecule has 0 aliphatic heterocycles. The van der Waals surface area contributed by atoms with Crippen LogP contribution < -0.4 is 0 Å². The van der Waals surface area contributed by atoms with E-state index >= 15 is 0 Å². The van der Waals surface area contributed by atoms with Crippen LogP contribution in [0.3, 0.4) is 0 Å². The molecule has 22 heavy (non-hydrogen) atoms. The average Bonchev–Trinajstić information content (AvgIpc) is 2.58. The fourth-order valence-electron chi connectivity index (χ4n) is 2.24. The van der Waals surface area contributed by atoms with Crippen molar-refractivity contribution in [3.63, 3.8) is 0 Å². The predicted octanol–water partition coefficient (Wildman–Crippen LogP) is 5.25. The second kappa shape index (κ2) is 8.14. The van der Waals surface area contributed by atoms with Crippen LogP contribution in [0.5, 0.6) is 0 Å². The molecule has 0 bridgehead atoms. The summed E-state index contributed by atoms with van der Waals surface area (Å²) in [6, 6.07) is 20.1. The van der Waals surface area contributed by atoms with Gasteiger partial charge in [-0.1, -0.05) is 98.8 Å². The minimum atomic E-state index is -0.0874. The van der Waals surface area contributed by atoms with Crippen LogP contribution in [0.2, 0.25) is 0 Å². The molecule has 2 rings (SSSR count). The largest absolute Gasteiger partial charge is 0.298 e. The number of ketones is 1. The average molecular weight is 290 g/mol. The maximum absolute atomic E-state index is 12.4. The van der Waals surface area contributed by atoms with E-state index in [-0.39, 0.29) is 17.6 Å². The van der Waals surface area contributed by atoms with Crippen molar-refractivity contribution >= 4 is 17.9 Å². The van der Waals surface area contributed by atoms with Crippen LogP contribution in [-0.4, -0.2) is 5.78 Å². The van der Waals surface area contributed by atoms with Crippen LogP contribution in [0.25, 0.3) is 12.2 Å². The lowest BCUT2D eigenvalue weighted by atomic mass is 9.94. The maximum Gasteiger partial charge on any atom is 0.145 e. The minimum absolute atomic E-state index is 0.0874. The first-order valence-corrected chi connectivity index (χ1v) is 7.67. The number of benzene rings is 2. The summed E-state index contributed by atoms with van der Waals surface area (Å²) in [6.45, 7) is 3.91. The molecule has 0 spiro atoms.